The van der Waals surface area contributed by atoms with Crippen LogP contribution in [0, 0.1) is 5.92 Å². The predicted molar refractivity (Wildman–Crippen MR) is 39.5 cm³/mol. The maximum absolute atomic E-state index is 10.5. The Labute approximate surface area is 65.2 Å². The topological polar surface area (TPSA) is 52.6 Å². The summed E-state index contributed by atoms with van der Waals surface area (Å²) in [4.78, 5) is 12.1. The maximum Gasteiger partial charge on any atom is 0.407 e. The van der Waals surface area contributed by atoms with Gasteiger partial charge in [0.1, 0.15) is 0 Å². The zero-order chi connectivity index (χ0) is 7.84. The van der Waals surface area contributed by atoms with Gasteiger partial charge in [0, 0.05) is 31.6 Å². The molecular weight excluding hydrogens is 144 g/mol. The lowest BCUT2D eigenvalue weighted by Gasteiger charge is -2.45. The van der Waals surface area contributed by atoms with Crippen molar-refractivity contribution < 1.29 is 9.90 Å². The van der Waals surface area contributed by atoms with Gasteiger partial charge in [-0.2, -0.15) is 0 Å². The highest BCUT2D eigenvalue weighted by molar-refractivity contribution is 5.65. The molecule has 2 saturated heterocycles. The summed E-state index contributed by atoms with van der Waals surface area (Å²) >= 11 is 0. The highest BCUT2D eigenvalue weighted by atomic mass is 16.4. The van der Waals surface area contributed by atoms with E-state index in [1.165, 1.54) is 4.90 Å². The molecule has 0 aromatic heterocycles. The van der Waals surface area contributed by atoms with Gasteiger partial charge in [-0.15, -0.1) is 0 Å². The van der Waals surface area contributed by atoms with E-state index < -0.39 is 6.09 Å². The lowest BCUT2D eigenvalue weighted by atomic mass is 9.85. The fraction of sp³-hybridized carbons (Fsp3) is 0.857. The molecule has 2 rings (SSSR count). The number of piperidine rings is 1. The maximum atomic E-state index is 10.5. The molecular formula is C7H12N2O2. The molecule has 2 aliphatic rings. The molecule has 2 aliphatic heterocycles. The molecule has 0 aliphatic carbocycles. The number of rotatable bonds is 0. The summed E-state index contributed by atoms with van der Waals surface area (Å²) in [7, 11) is 0. The minimum Gasteiger partial charge on any atom is -0.465 e. The van der Waals surface area contributed by atoms with Crippen LogP contribution in [0.25, 0.3) is 0 Å². The van der Waals surface area contributed by atoms with Crippen LogP contribution in [0.3, 0.4) is 0 Å². The highest BCUT2D eigenvalue weighted by Gasteiger charge is 2.36. The Hall–Kier alpha value is -0.770. The summed E-state index contributed by atoms with van der Waals surface area (Å²) in [5.41, 5.74) is 0. The highest BCUT2D eigenvalue weighted by Crippen LogP contribution is 2.22. The second-order valence-electron chi connectivity index (χ2n) is 3.29. The molecule has 2 N–H and O–H groups in total. The third-order valence-corrected chi connectivity index (χ3v) is 2.65. The Kier molecular flexibility index (Phi) is 1.49. The van der Waals surface area contributed by atoms with Gasteiger partial charge < -0.3 is 15.3 Å². The average molecular weight is 156 g/mol. The summed E-state index contributed by atoms with van der Waals surface area (Å²) in [6.07, 6.45) is 0.215. The molecule has 11 heavy (non-hydrogen) atoms. The molecule has 0 aromatic rings. The fourth-order valence-corrected chi connectivity index (χ4v) is 1.82. The number of amides is 1. The first-order valence-electron chi connectivity index (χ1n) is 3.98. The SMILES string of the molecule is O=C(O)N1CCC2NCC2C1. The van der Waals surface area contributed by atoms with Crippen LogP contribution in [-0.2, 0) is 0 Å². The van der Waals surface area contributed by atoms with Gasteiger partial charge in [-0.3, -0.25) is 0 Å². The first kappa shape index (κ1) is 6.91. The van der Waals surface area contributed by atoms with E-state index in [0.29, 0.717) is 18.5 Å². The third kappa shape index (κ3) is 1.07. The zero-order valence-corrected chi connectivity index (χ0v) is 6.29. The normalized spacial score (nSPS) is 35.8. The van der Waals surface area contributed by atoms with Crippen LogP contribution >= 0.6 is 0 Å². The van der Waals surface area contributed by atoms with Crippen molar-refractivity contribution in [2.24, 2.45) is 5.92 Å². The average Bonchev–Trinajstić information content (AvgIpc) is 1.91. The number of carbonyl (C=O) groups is 1. The minimum absolute atomic E-state index is 0.583. The van der Waals surface area contributed by atoms with Crippen molar-refractivity contribution in [1.29, 1.82) is 0 Å². The molecule has 2 unspecified atom stereocenters. The summed E-state index contributed by atoms with van der Waals surface area (Å²) in [5.74, 6) is 0.583. The van der Waals surface area contributed by atoms with Gasteiger partial charge in [0.2, 0.25) is 0 Å². The molecule has 0 bridgehead atoms. The first-order chi connectivity index (χ1) is 5.27. The summed E-state index contributed by atoms with van der Waals surface area (Å²) in [6.45, 7) is 2.42. The van der Waals surface area contributed by atoms with Crippen molar-refractivity contribution >= 4 is 6.09 Å². The van der Waals surface area contributed by atoms with E-state index in [0.717, 1.165) is 19.5 Å². The van der Waals surface area contributed by atoms with Crippen LogP contribution in [0.1, 0.15) is 6.42 Å². The standard InChI is InChI=1S/C7H12N2O2/c10-7(11)9-2-1-6-5(4-9)3-8-6/h5-6,8H,1-4H2,(H,10,11). The molecule has 2 heterocycles. The van der Waals surface area contributed by atoms with Gasteiger partial charge in [-0.25, -0.2) is 4.79 Å². The molecule has 0 saturated carbocycles. The fourth-order valence-electron chi connectivity index (χ4n) is 1.82. The molecule has 4 heteroatoms. The Morgan fingerprint density at radius 3 is 2.91 bits per heavy atom. The number of hydrogen-bond donors (Lipinski definition) is 2. The largest absolute Gasteiger partial charge is 0.465 e. The molecule has 2 fully saturated rings. The molecule has 0 spiro atoms. The number of hydrogen-bond acceptors (Lipinski definition) is 2. The molecule has 1 amide bonds. The number of nitrogens with one attached hydrogen (secondary N) is 1. The second-order valence-corrected chi connectivity index (χ2v) is 3.29. The van der Waals surface area contributed by atoms with Gasteiger partial charge in [0.25, 0.3) is 0 Å². The van der Waals surface area contributed by atoms with Crippen LogP contribution in [0.2, 0.25) is 0 Å². The van der Waals surface area contributed by atoms with Gasteiger partial charge in [-0.05, 0) is 6.42 Å². The lowest BCUT2D eigenvalue weighted by Crippen LogP contribution is -2.61. The summed E-state index contributed by atoms with van der Waals surface area (Å²) in [5, 5.41) is 12.0. The Morgan fingerprint density at radius 1 is 1.64 bits per heavy atom. The molecule has 0 radical (unpaired) electrons. The van der Waals surface area contributed by atoms with Crippen LogP contribution in [0.5, 0.6) is 0 Å². The Bertz CT molecular complexity index is 183. The second kappa shape index (κ2) is 2.37. The van der Waals surface area contributed by atoms with Gasteiger partial charge in [-0.1, -0.05) is 0 Å². The number of carboxylic acid groups (broad SMARTS) is 1. The van der Waals surface area contributed by atoms with Crippen molar-refractivity contribution in [2.45, 2.75) is 12.5 Å². The minimum atomic E-state index is -0.768. The van der Waals surface area contributed by atoms with Gasteiger partial charge in [0.05, 0.1) is 0 Å². The monoisotopic (exact) mass is 156 g/mol. The predicted octanol–water partition coefficient (Wildman–Crippen LogP) is -0.0419. The van der Waals surface area contributed by atoms with E-state index in [4.69, 9.17) is 5.11 Å². The van der Waals surface area contributed by atoms with Crippen molar-refractivity contribution in [1.82, 2.24) is 10.2 Å². The lowest BCUT2D eigenvalue weighted by molar-refractivity contribution is 0.0750. The van der Waals surface area contributed by atoms with E-state index in [-0.39, 0.29) is 0 Å². The van der Waals surface area contributed by atoms with Crippen LogP contribution in [0.15, 0.2) is 0 Å². The number of nitrogens with zero attached hydrogens (tertiary/aromatic N) is 1. The van der Waals surface area contributed by atoms with E-state index in [9.17, 15) is 4.79 Å². The van der Waals surface area contributed by atoms with E-state index >= 15 is 0 Å². The van der Waals surface area contributed by atoms with E-state index in [1.807, 2.05) is 0 Å². The number of fused-ring (bicyclic) bond motifs is 1. The van der Waals surface area contributed by atoms with Gasteiger partial charge in [0.15, 0.2) is 0 Å². The first-order valence-corrected chi connectivity index (χ1v) is 3.98. The molecule has 2 atom stereocenters. The summed E-state index contributed by atoms with van der Waals surface area (Å²) < 4.78 is 0. The van der Waals surface area contributed by atoms with Crippen LogP contribution in [-0.4, -0.2) is 41.8 Å². The molecule has 4 nitrogen and oxygen atoms in total. The van der Waals surface area contributed by atoms with Crippen LogP contribution < -0.4 is 5.32 Å². The smallest absolute Gasteiger partial charge is 0.407 e. The van der Waals surface area contributed by atoms with Crippen molar-refractivity contribution in [3.63, 3.8) is 0 Å². The third-order valence-electron chi connectivity index (χ3n) is 2.65. The number of likely N-dealkylation sites (tertiary alicyclic amines) is 1. The van der Waals surface area contributed by atoms with Crippen molar-refractivity contribution in [3.8, 4) is 0 Å². The van der Waals surface area contributed by atoms with Crippen molar-refractivity contribution in [2.75, 3.05) is 19.6 Å². The Morgan fingerprint density at radius 2 is 2.45 bits per heavy atom. The summed E-state index contributed by atoms with van der Waals surface area (Å²) in [6, 6.07) is 0.602. The molecule has 62 valence electrons. The Balaban J connectivity index is 1.93. The van der Waals surface area contributed by atoms with Gasteiger partial charge >= 0.3 is 6.09 Å². The molecule has 0 aromatic carbocycles. The van der Waals surface area contributed by atoms with Crippen molar-refractivity contribution in [3.05, 3.63) is 0 Å². The zero-order valence-electron chi connectivity index (χ0n) is 6.29. The quantitative estimate of drug-likeness (QED) is 0.517. The van der Waals surface area contributed by atoms with E-state index in [1.54, 1.807) is 0 Å². The van der Waals surface area contributed by atoms with Crippen LogP contribution in [0.4, 0.5) is 4.79 Å². The van der Waals surface area contributed by atoms with E-state index in [2.05, 4.69) is 5.32 Å².